The highest BCUT2D eigenvalue weighted by atomic mass is 16.5. The van der Waals surface area contributed by atoms with Crippen molar-refractivity contribution in [2.75, 3.05) is 19.8 Å². The standard InChI is InChI=1S/C17H22N2O2/c20-17(18-8-5-13-6-9-21-10-7-13)19-16-11-14-3-1-2-4-15(14)12-16/h1-4,6,16H,5,7-12H2,(H2,18,19,20). The summed E-state index contributed by atoms with van der Waals surface area (Å²) in [6.07, 6.45) is 5.90. The summed E-state index contributed by atoms with van der Waals surface area (Å²) in [5.41, 5.74) is 4.10. The van der Waals surface area contributed by atoms with Crippen LogP contribution in [0.1, 0.15) is 24.0 Å². The number of carbonyl (C=O) groups is 1. The zero-order chi connectivity index (χ0) is 14.5. The van der Waals surface area contributed by atoms with E-state index < -0.39 is 0 Å². The molecule has 1 aliphatic carbocycles. The van der Waals surface area contributed by atoms with E-state index in [-0.39, 0.29) is 12.1 Å². The third-order valence-electron chi connectivity index (χ3n) is 4.18. The Bertz CT molecular complexity index is 514. The van der Waals surface area contributed by atoms with Crippen LogP contribution >= 0.6 is 0 Å². The van der Waals surface area contributed by atoms with Crippen molar-refractivity contribution in [3.63, 3.8) is 0 Å². The van der Waals surface area contributed by atoms with Crippen molar-refractivity contribution in [2.24, 2.45) is 0 Å². The fraction of sp³-hybridized carbons (Fsp3) is 0.471. The Morgan fingerprint density at radius 3 is 2.67 bits per heavy atom. The lowest BCUT2D eigenvalue weighted by molar-refractivity contribution is 0.153. The highest BCUT2D eigenvalue weighted by Crippen LogP contribution is 2.21. The van der Waals surface area contributed by atoms with E-state index >= 15 is 0 Å². The third kappa shape index (κ3) is 3.85. The van der Waals surface area contributed by atoms with Gasteiger partial charge in [-0.15, -0.1) is 0 Å². The first kappa shape index (κ1) is 14.1. The second-order valence-corrected chi connectivity index (χ2v) is 5.71. The predicted molar refractivity (Wildman–Crippen MR) is 82.3 cm³/mol. The maximum Gasteiger partial charge on any atom is 0.315 e. The largest absolute Gasteiger partial charge is 0.377 e. The average Bonchev–Trinajstić information content (AvgIpc) is 2.90. The van der Waals surface area contributed by atoms with Gasteiger partial charge in [0.05, 0.1) is 13.2 Å². The molecule has 0 unspecified atom stereocenters. The molecule has 112 valence electrons. The Balaban J connectivity index is 1.38. The zero-order valence-corrected chi connectivity index (χ0v) is 12.2. The van der Waals surface area contributed by atoms with Crippen LogP contribution in [0, 0.1) is 0 Å². The summed E-state index contributed by atoms with van der Waals surface area (Å²) in [5, 5.41) is 6.02. The summed E-state index contributed by atoms with van der Waals surface area (Å²) in [6.45, 7) is 2.21. The average molecular weight is 286 g/mol. The Morgan fingerprint density at radius 2 is 2.00 bits per heavy atom. The number of rotatable bonds is 4. The molecule has 0 fully saturated rings. The van der Waals surface area contributed by atoms with Gasteiger partial charge in [0, 0.05) is 12.6 Å². The van der Waals surface area contributed by atoms with Gasteiger partial charge in [-0.25, -0.2) is 4.79 Å². The van der Waals surface area contributed by atoms with Gasteiger partial charge in [0.15, 0.2) is 0 Å². The Labute approximate surface area is 125 Å². The minimum Gasteiger partial charge on any atom is -0.377 e. The number of hydrogen-bond donors (Lipinski definition) is 2. The number of nitrogens with one attached hydrogen (secondary N) is 2. The minimum absolute atomic E-state index is 0.0551. The van der Waals surface area contributed by atoms with Gasteiger partial charge in [0.25, 0.3) is 0 Å². The van der Waals surface area contributed by atoms with E-state index in [1.807, 2.05) is 0 Å². The first-order valence-corrected chi connectivity index (χ1v) is 7.68. The van der Waals surface area contributed by atoms with Crippen LogP contribution < -0.4 is 10.6 Å². The van der Waals surface area contributed by atoms with Gasteiger partial charge in [-0.1, -0.05) is 35.9 Å². The molecule has 1 aliphatic heterocycles. The molecule has 2 N–H and O–H groups in total. The molecule has 0 spiro atoms. The number of ether oxygens (including phenoxy) is 1. The summed E-state index contributed by atoms with van der Waals surface area (Å²) in [5.74, 6) is 0. The number of fused-ring (bicyclic) bond motifs is 1. The molecule has 0 bridgehead atoms. The number of hydrogen-bond acceptors (Lipinski definition) is 2. The lowest BCUT2D eigenvalue weighted by Gasteiger charge is -2.15. The quantitative estimate of drug-likeness (QED) is 0.834. The molecule has 1 aromatic carbocycles. The first-order valence-electron chi connectivity index (χ1n) is 7.68. The fourth-order valence-electron chi connectivity index (χ4n) is 3.03. The summed E-state index contributed by atoms with van der Waals surface area (Å²) >= 11 is 0. The van der Waals surface area contributed by atoms with Crippen molar-refractivity contribution < 1.29 is 9.53 Å². The molecular formula is C17H22N2O2. The van der Waals surface area contributed by atoms with Crippen LogP contribution in [0.2, 0.25) is 0 Å². The van der Waals surface area contributed by atoms with Crippen molar-refractivity contribution in [3.05, 3.63) is 47.0 Å². The van der Waals surface area contributed by atoms with Crippen molar-refractivity contribution in [3.8, 4) is 0 Å². The molecule has 0 saturated carbocycles. The van der Waals surface area contributed by atoms with Gasteiger partial charge < -0.3 is 15.4 Å². The molecule has 4 heteroatoms. The second kappa shape index (κ2) is 6.76. The minimum atomic E-state index is -0.0551. The van der Waals surface area contributed by atoms with Crippen LogP contribution in [-0.2, 0) is 17.6 Å². The zero-order valence-electron chi connectivity index (χ0n) is 12.2. The van der Waals surface area contributed by atoms with Gasteiger partial charge in [0.2, 0.25) is 0 Å². The first-order chi connectivity index (χ1) is 10.3. The normalized spacial score (nSPS) is 18.0. The predicted octanol–water partition coefficient (Wildman–Crippen LogP) is 2.19. The number of carbonyl (C=O) groups excluding carboxylic acids is 1. The molecule has 21 heavy (non-hydrogen) atoms. The molecule has 0 atom stereocenters. The lowest BCUT2D eigenvalue weighted by Crippen LogP contribution is -2.42. The Morgan fingerprint density at radius 1 is 1.24 bits per heavy atom. The van der Waals surface area contributed by atoms with Crippen molar-refractivity contribution in [2.45, 2.75) is 31.7 Å². The molecule has 1 aromatic rings. The number of urea groups is 1. The Kier molecular flexibility index (Phi) is 4.55. The van der Waals surface area contributed by atoms with Crippen molar-refractivity contribution >= 4 is 6.03 Å². The third-order valence-corrected chi connectivity index (χ3v) is 4.18. The van der Waals surface area contributed by atoms with Gasteiger partial charge in [-0.05, 0) is 36.8 Å². The molecule has 0 radical (unpaired) electrons. The van der Waals surface area contributed by atoms with E-state index in [2.05, 4.69) is 41.0 Å². The molecule has 0 saturated heterocycles. The van der Waals surface area contributed by atoms with Gasteiger partial charge >= 0.3 is 6.03 Å². The molecule has 2 amide bonds. The smallest absolute Gasteiger partial charge is 0.315 e. The lowest BCUT2D eigenvalue weighted by atomic mass is 10.1. The van der Waals surface area contributed by atoms with Gasteiger partial charge in [-0.2, -0.15) is 0 Å². The highest BCUT2D eigenvalue weighted by molar-refractivity contribution is 5.74. The monoisotopic (exact) mass is 286 g/mol. The van der Waals surface area contributed by atoms with Crippen LogP contribution in [0.25, 0.3) is 0 Å². The molecule has 0 aromatic heterocycles. The van der Waals surface area contributed by atoms with Crippen LogP contribution in [0.5, 0.6) is 0 Å². The molecule has 2 aliphatic rings. The van der Waals surface area contributed by atoms with Crippen LogP contribution in [0.15, 0.2) is 35.9 Å². The van der Waals surface area contributed by atoms with Crippen LogP contribution in [-0.4, -0.2) is 31.8 Å². The van der Waals surface area contributed by atoms with E-state index in [0.717, 1.165) is 32.3 Å². The fourth-order valence-corrected chi connectivity index (χ4v) is 3.03. The van der Waals surface area contributed by atoms with Gasteiger partial charge in [-0.3, -0.25) is 0 Å². The maximum absolute atomic E-state index is 11.9. The van der Waals surface area contributed by atoms with E-state index in [4.69, 9.17) is 4.74 Å². The van der Waals surface area contributed by atoms with Crippen LogP contribution in [0.3, 0.4) is 0 Å². The molecule has 4 nitrogen and oxygen atoms in total. The maximum atomic E-state index is 11.9. The SMILES string of the molecule is O=C(NCCC1=CCOCC1)NC1Cc2ccccc2C1. The van der Waals surface area contributed by atoms with E-state index in [0.29, 0.717) is 13.2 Å². The van der Waals surface area contributed by atoms with E-state index in [9.17, 15) is 4.79 Å². The molecule has 3 rings (SSSR count). The molecular weight excluding hydrogens is 264 g/mol. The summed E-state index contributed by atoms with van der Waals surface area (Å²) in [6, 6.07) is 8.58. The number of benzene rings is 1. The molecule has 1 heterocycles. The Hall–Kier alpha value is -1.81. The van der Waals surface area contributed by atoms with E-state index in [1.165, 1.54) is 16.7 Å². The highest BCUT2D eigenvalue weighted by Gasteiger charge is 2.22. The van der Waals surface area contributed by atoms with Crippen molar-refractivity contribution in [1.29, 1.82) is 0 Å². The van der Waals surface area contributed by atoms with Gasteiger partial charge in [0.1, 0.15) is 0 Å². The van der Waals surface area contributed by atoms with Crippen LogP contribution in [0.4, 0.5) is 4.79 Å². The van der Waals surface area contributed by atoms with E-state index in [1.54, 1.807) is 0 Å². The summed E-state index contributed by atoms with van der Waals surface area (Å²) in [4.78, 5) is 11.9. The summed E-state index contributed by atoms with van der Waals surface area (Å²) in [7, 11) is 0. The summed E-state index contributed by atoms with van der Waals surface area (Å²) < 4.78 is 5.27. The second-order valence-electron chi connectivity index (χ2n) is 5.71. The van der Waals surface area contributed by atoms with Crippen molar-refractivity contribution in [1.82, 2.24) is 10.6 Å². The topological polar surface area (TPSA) is 50.4 Å². The number of amides is 2.